The van der Waals surface area contributed by atoms with Gasteiger partial charge in [-0.3, -0.25) is 4.79 Å². The van der Waals surface area contributed by atoms with E-state index >= 15 is 0 Å². The molecule has 0 bridgehead atoms. The van der Waals surface area contributed by atoms with Crippen molar-refractivity contribution < 1.29 is 4.79 Å². The van der Waals surface area contributed by atoms with Crippen molar-refractivity contribution >= 4 is 34.7 Å². The minimum atomic E-state index is -0.190. The van der Waals surface area contributed by atoms with Crippen molar-refractivity contribution in [1.82, 2.24) is 10.3 Å². The molecule has 1 amide bonds. The lowest BCUT2D eigenvalue weighted by Crippen LogP contribution is -2.23. The third-order valence-corrected chi connectivity index (χ3v) is 4.55. The van der Waals surface area contributed by atoms with Gasteiger partial charge in [0.15, 0.2) is 0 Å². The fraction of sp³-hybridized carbons (Fsp3) is 0.333. The average Bonchev–Trinajstić information content (AvgIpc) is 2.77. The lowest BCUT2D eigenvalue weighted by atomic mass is 10.2. The molecule has 2 N–H and O–H groups in total. The molecule has 0 spiro atoms. The van der Waals surface area contributed by atoms with E-state index in [-0.39, 0.29) is 5.91 Å². The van der Waals surface area contributed by atoms with Crippen LogP contribution >= 0.6 is 22.9 Å². The van der Waals surface area contributed by atoms with Gasteiger partial charge >= 0.3 is 0 Å². The number of hydrogen-bond donors (Lipinski definition) is 2. The number of halogens is 1. The first kappa shape index (κ1) is 15.8. The normalized spacial score (nSPS) is 10.5. The highest BCUT2D eigenvalue weighted by Gasteiger charge is 2.12. The molecule has 0 aliphatic carbocycles. The maximum atomic E-state index is 12.2. The molecular weight excluding hydrogens is 306 g/mol. The van der Waals surface area contributed by atoms with Gasteiger partial charge in [0.05, 0.1) is 17.1 Å². The Labute approximate surface area is 133 Å². The number of thiophene rings is 1. The number of carbonyl (C=O) groups is 1. The molecule has 0 saturated heterocycles. The summed E-state index contributed by atoms with van der Waals surface area (Å²) >= 11 is 7.75. The van der Waals surface area contributed by atoms with Crippen molar-refractivity contribution in [2.75, 3.05) is 11.9 Å². The second-order valence-corrected chi connectivity index (χ2v) is 6.46. The molecular formula is C15H18ClN3OS. The quantitative estimate of drug-likeness (QED) is 0.880. The zero-order chi connectivity index (χ0) is 15.4. The van der Waals surface area contributed by atoms with Crippen LogP contribution in [0.15, 0.2) is 18.3 Å². The minimum absolute atomic E-state index is 0.190. The summed E-state index contributed by atoms with van der Waals surface area (Å²) in [6.45, 7) is 7.36. The first-order valence-electron chi connectivity index (χ1n) is 6.74. The maximum absolute atomic E-state index is 12.2. The Balaban J connectivity index is 2.07. The standard InChI is InChI=1S/C15H18ClN3OS/c1-4-17-14-6-12(13(16)8-18-14)15(20)19-7-11-5-9(2)10(3)21-11/h5-6,8H,4,7H2,1-3H3,(H,17,18)(H,19,20). The molecule has 0 saturated carbocycles. The van der Waals surface area contributed by atoms with Crippen LogP contribution in [-0.4, -0.2) is 17.4 Å². The van der Waals surface area contributed by atoms with E-state index in [0.717, 1.165) is 11.4 Å². The van der Waals surface area contributed by atoms with Crippen LogP contribution in [0.1, 0.15) is 32.6 Å². The van der Waals surface area contributed by atoms with E-state index in [2.05, 4.69) is 35.5 Å². The van der Waals surface area contributed by atoms with E-state index in [0.29, 0.717) is 22.9 Å². The zero-order valence-corrected chi connectivity index (χ0v) is 13.9. The number of carbonyl (C=O) groups excluding carboxylic acids is 1. The van der Waals surface area contributed by atoms with Crippen molar-refractivity contribution in [2.24, 2.45) is 0 Å². The van der Waals surface area contributed by atoms with Crippen molar-refractivity contribution in [3.8, 4) is 0 Å². The van der Waals surface area contributed by atoms with Gasteiger partial charge in [0.1, 0.15) is 5.82 Å². The van der Waals surface area contributed by atoms with Gasteiger partial charge in [-0.1, -0.05) is 11.6 Å². The van der Waals surface area contributed by atoms with E-state index < -0.39 is 0 Å². The number of pyridine rings is 1. The Bertz CT molecular complexity index is 635. The molecule has 2 heterocycles. The van der Waals surface area contributed by atoms with Crippen LogP contribution in [0.3, 0.4) is 0 Å². The van der Waals surface area contributed by atoms with E-state index in [1.807, 2.05) is 6.92 Å². The summed E-state index contributed by atoms with van der Waals surface area (Å²) in [6.07, 6.45) is 1.49. The van der Waals surface area contributed by atoms with Crippen LogP contribution in [0.2, 0.25) is 5.02 Å². The third kappa shape index (κ3) is 3.95. The first-order chi connectivity index (χ1) is 10.0. The summed E-state index contributed by atoms with van der Waals surface area (Å²) in [6, 6.07) is 3.77. The molecule has 0 aliphatic rings. The molecule has 21 heavy (non-hydrogen) atoms. The Morgan fingerprint density at radius 3 is 2.76 bits per heavy atom. The van der Waals surface area contributed by atoms with Crippen LogP contribution in [0.25, 0.3) is 0 Å². The molecule has 4 nitrogen and oxygen atoms in total. The third-order valence-electron chi connectivity index (χ3n) is 3.10. The van der Waals surface area contributed by atoms with Gasteiger partial charge in [-0.05, 0) is 38.5 Å². The molecule has 0 radical (unpaired) electrons. The van der Waals surface area contributed by atoms with Crippen molar-refractivity contribution in [3.63, 3.8) is 0 Å². The Morgan fingerprint density at radius 2 is 2.14 bits per heavy atom. The predicted octanol–water partition coefficient (Wildman–Crippen LogP) is 3.78. The summed E-state index contributed by atoms with van der Waals surface area (Å²) in [7, 11) is 0. The second kappa shape index (κ2) is 6.91. The SMILES string of the molecule is CCNc1cc(C(=O)NCc2cc(C)c(C)s2)c(Cl)cn1. The van der Waals surface area contributed by atoms with E-state index in [9.17, 15) is 4.79 Å². The topological polar surface area (TPSA) is 54.0 Å². The highest BCUT2D eigenvalue weighted by atomic mass is 35.5. The van der Waals surface area contributed by atoms with Crippen LogP contribution in [0.4, 0.5) is 5.82 Å². The van der Waals surface area contributed by atoms with Crippen LogP contribution in [-0.2, 0) is 6.54 Å². The Morgan fingerprint density at radius 1 is 1.38 bits per heavy atom. The summed E-state index contributed by atoms with van der Waals surface area (Å²) < 4.78 is 0. The first-order valence-corrected chi connectivity index (χ1v) is 7.94. The van der Waals surface area contributed by atoms with E-state index in [1.165, 1.54) is 16.6 Å². The van der Waals surface area contributed by atoms with Gasteiger partial charge in [-0.2, -0.15) is 0 Å². The zero-order valence-electron chi connectivity index (χ0n) is 12.3. The fourth-order valence-corrected chi connectivity index (χ4v) is 3.07. The molecule has 0 fully saturated rings. The fourth-order valence-electron chi connectivity index (χ4n) is 1.89. The number of amides is 1. The van der Waals surface area contributed by atoms with E-state index in [4.69, 9.17) is 11.6 Å². The number of hydrogen-bond acceptors (Lipinski definition) is 4. The van der Waals surface area contributed by atoms with Gasteiger partial charge in [0, 0.05) is 22.5 Å². The molecule has 0 atom stereocenters. The van der Waals surface area contributed by atoms with Crippen molar-refractivity contribution in [1.29, 1.82) is 0 Å². The lowest BCUT2D eigenvalue weighted by Gasteiger charge is -2.08. The lowest BCUT2D eigenvalue weighted by molar-refractivity contribution is 0.0951. The van der Waals surface area contributed by atoms with Crippen molar-refractivity contribution in [3.05, 3.63) is 44.2 Å². The van der Waals surface area contributed by atoms with Gasteiger partial charge in [0.25, 0.3) is 5.91 Å². The second-order valence-electron chi connectivity index (χ2n) is 4.71. The number of nitrogens with zero attached hydrogens (tertiary/aromatic N) is 1. The van der Waals surface area contributed by atoms with E-state index in [1.54, 1.807) is 17.4 Å². The van der Waals surface area contributed by atoms with Gasteiger partial charge in [0.2, 0.25) is 0 Å². The summed E-state index contributed by atoms with van der Waals surface area (Å²) in [5.41, 5.74) is 1.69. The molecule has 2 aromatic rings. The van der Waals surface area contributed by atoms with Gasteiger partial charge < -0.3 is 10.6 Å². The Kier molecular flexibility index (Phi) is 5.20. The molecule has 0 aliphatic heterocycles. The van der Waals surface area contributed by atoms with Gasteiger partial charge in [-0.15, -0.1) is 11.3 Å². The van der Waals surface area contributed by atoms with Crippen LogP contribution in [0.5, 0.6) is 0 Å². The monoisotopic (exact) mass is 323 g/mol. The smallest absolute Gasteiger partial charge is 0.253 e. The number of nitrogens with one attached hydrogen (secondary N) is 2. The predicted molar refractivity (Wildman–Crippen MR) is 88.4 cm³/mol. The molecule has 2 rings (SSSR count). The summed E-state index contributed by atoms with van der Waals surface area (Å²) in [4.78, 5) is 18.8. The minimum Gasteiger partial charge on any atom is -0.370 e. The average molecular weight is 324 g/mol. The molecule has 0 unspecified atom stereocenters. The summed E-state index contributed by atoms with van der Waals surface area (Å²) in [5.74, 6) is 0.458. The molecule has 112 valence electrons. The molecule has 2 aromatic heterocycles. The highest BCUT2D eigenvalue weighted by molar-refractivity contribution is 7.12. The van der Waals surface area contributed by atoms with Crippen LogP contribution in [0, 0.1) is 13.8 Å². The highest BCUT2D eigenvalue weighted by Crippen LogP contribution is 2.21. The largest absolute Gasteiger partial charge is 0.370 e. The number of anilines is 1. The molecule has 6 heteroatoms. The summed E-state index contributed by atoms with van der Waals surface area (Å²) in [5, 5.41) is 6.32. The molecule has 0 aromatic carbocycles. The van der Waals surface area contributed by atoms with Crippen molar-refractivity contribution in [2.45, 2.75) is 27.3 Å². The van der Waals surface area contributed by atoms with Crippen LogP contribution < -0.4 is 10.6 Å². The number of aryl methyl sites for hydroxylation is 2. The maximum Gasteiger partial charge on any atom is 0.253 e. The Hall–Kier alpha value is -1.59. The van der Waals surface area contributed by atoms with Gasteiger partial charge in [-0.25, -0.2) is 4.98 Å². The number of rotatable bonds is 5. The number of aromatic nitrogens is 1.